The van der Waals surface area contributed by atoms with Gasteiger partial charge in [-0.1, -0.05) is 0 Å². The van der Waals surface area contributed by atoms with E-state index in [4.69, 9.17) is 4.74 Å². The zero-order chi connectivity index (χ0) is 8.55. The van der Waals surface area contributed by atoms with Gasteiger partial charge in [-0.05, 0) is 15.9 Å². The van der Waals surface area contributed by atoms with E-state index in [2.05, 4.69) is 26.3 Å². The van der Waals surface area contributed by atoms with Crippen molar-refractivity contribution in [1.82, 2.24) is 9.78 Å². The second-order valence-electron chi connectivity index (χ2n) is 2.85. The highest BCUT2D eigenvalue weighted by Gasteiger charge is 2.19. The standard InChI is InChI=1S/C7H10BrN3O/c1-11-7(8)6(2-9-11)10-5-3-12-4-5/h2,5,10H,3-4H2,1H3. The van der Waals surface area contributed by atoms with Crippen molar-refractivity contribution in [1.29, 1.82) is 0 Å². The van der Waals surface area contributed by atoms with Gasteiger partial charge in [0, 0.05) is 7.05 Å². The Hall–Kier alpha value is -0.550. The molecule has 0 aromatic carbocycles. The molecule has 1 aromatic heterocycles. The van der Waals surface area contributed by atoms with Crippen LogP contribution in [0, 0.1) is 0 Å². The third kappa shape index (κ3) is 1.34. The highest BCUT2D eigenvalue weighted by molar-refractivity contribution is 9.10. The number of aromatic nitrogens is 2. The van der Waals surface area contributed by atoms with Gasteiger partial charge in [0.2, 0.25) is 0 Å². The lowest BCUT2D eigenvalue weighted by Gasteiger charge is -2.27. The number of halogens is 1. The smallest absolute Gasteiger partial charge is 0.126 e. The number of aryl methyl sites for hydroxylation is 1. The van der Waals surface area contributed by atoms with Gasteiger partial charge in [0.25, 0.3) is 0 Å². The first-order valence-corrected chi connectivity index (χ1v) is 4.58. The number of hydrogen-bond acceptors (Lipinski definition) is 3. The first kappa shape index (κ1) is 8.07. The summed E-state index contributed by atoms with van der Waals surface area (Å²) in [6.07, 6.45) is 1.81. The number of nitrogens with one attached hydrogen (secondary N) is 1. The fraction of sp³-hybridized carbons (Fsp3) is 0.571. The first-order chi connectivity index (χ1) is 5.77. The zero-order valence-corrected chi connectivity index (χ0v) is 8.34. The summed E-state index contributed by atoms with van der Waals surface area (Å²) in [5.41, 5.74) is 1.03. The topological polar surface area (TPSA) is 39.1 Å². The van der Waals surface area contributed by atoms with Gasteiger partial charge in [0.15, 0.2) is 0 Å². The lowest BCUT2D eigenvalue weighted by Crippen LogP contribution is -2.40. The van der Waals surface area contributed by atoms with E-state index in [1.165, 1.54) is 0 Å². The Morgan fingerprint density at radius 2 is 2.50 bits per heavy atom. The Balaban J connectivity index is 2.06. The predicted octanol–water partition coefficient (Wildman–Crippen LogP) is 0.993. The molecule has 1 N–H and O–H groups in total. The molecule has 0 atom stereocenters. The fourth-order valence-electron chi connectivity index (χ4n) is 1.06. The largest absolute Gasteiger partial charge is 0.377 e. The molecule has 0 bridgehead atoms. The summed E-state index contributed by atoms with van der Waals surface area (Å²) in [7, 11) is 1.90. The van der Waals surface area contributed by atoms with Crippen LogP contribution in [0.15, 0.2) is 10.8 Å². The Bertz CT molecular complexity index is 282. The van der Waals surface area contributed by atoms with E-state index in [0.29, 0.717) is 6.04 Å². The fourth-order valence-corrected chi connectivity index (χ4v) is 1.37. The molecular weight excluding hydrogens is 222 g/mol. The molecular formula is C7H10BrN3O. The number of hydrogen-bond donors (Lipinski definition) is 1. The quantitative estimate of drug-likeness (QED) is 0.826. The number of nitrogens with zero attached hydrogens (tertiary/aromatic N) is 2. The Labute approximate surface area is 79.0 Å². The maximum absolute atomic E-state index is 5.05. The third-order valence-corrected chi connectivity index (χ3v) is 2.80. The molecule has 0 spiro atoms. The van der Waals surface area contributed by atoms with E-state index in [1.54, 1.807) is 4.68 Å². The highest BCUT2D eigenvalue weighted by atomic mass is 79.9. The molecule has 1 fully saturated rings. The Morgan fingerprint density at radius 3 is 2.92 bits per heavy atom. The van der Waals surface area contributed by atoms with Crippen molar-refractivity contribution in [2.24, 2.45) is 7.05 Å². The van der Waals surface area contributed by atoms with Gasteiger partial charge in [-0.15, -0.1) is 0 Å². The van der Waals surface area contributed by atoms with E-state index in [-0.39, 0.29) is 0 Å². The maximum Gasteiger partial charge on any atom is 0.126 e. The Morgan fingerprint density at radius 1 is 1.75 bits per heavy atom. The summed E-state index contributed by atoms with van der Waals surface area (Å²) in [4.78, 5) is 0. The monoisotopic (exact) mass is 231 g/mol. The van der Waals surface area contributed by atoms with Crippen molar-refractivity contribution >= 4 is 21.6 Å². The molecule has 0 amide bonds. The van der Waals surface area contributed by atoms with Crippen molar-refractivity contribution in [2.45, 2.75) is 6.04 Å². The van der Waals surface area contributed by atoms with Crippen molar-refractivity contribution < 1.29 is 4.74 Å². The molecule has 66 valence electrons. The van der Waals surface area contributed by atoms with Gasteiger partial charge in [-0.2, -0.15) is 5.10 Å². The van der Waals surface area contributed by atoms with Crippen molar-refractivity contribution in [3.05, 3.63) is 10.8 Å². The molecule has 1 saturated heterocycles. The molecule has 4 nitrogen and oxygen atoms in total. The van der Waals surface area contributed by atoms with Gasteiger partial charge in [-0.25, -0.2) is 0 Å². The number of rotatable bonds is 2. The predicted molar refractivity (Wildman–Crippen MR) is 49.1 cm³/mol. The summed E-state index contributed by atoms with van der Waals surface area (Å²) in [5.74, 6) is 0. The third-order valence-electron chi connectivity index (χ3n) is 1.86. The van der Waals surface area contributed by atoms with Gasteiger partial charge >= 0.3 is 0 Å². The summed E-state index contributed by atoms with van der Waals surface area (Å²) < 4.78 is 7.81. The normalized spacial score (nSPS) is 17.5. The number of anilines is 1. The molecule has 5 heteroatoms. The van der Waals surface area contributed by atoms with Crippen LogP contribution in [0.4, 0.5) is 5.69 Å². The number of ether oxygens (including phenoxy) is 1. The minimum atomic E-state index is 0.450. The minimum Gasteiger partial charge on any atom is -0.377 e. The summed E-state index contributed by atoms with van der Waals surface area (Å²) in [5, 5.41) is 7.41. The van der Waals surface area contributed by atoms with E-state index >= 15 is 0 Å². The minimum absolute atomic E-state index is 0.450. The van der Waals surface area contributed by atoms with E-state index in [1.807, 2.05) is 13.2 Å². The van der Waals surface area contributed by atoms with Crippen LogP contribution < -0.4 is 5.32 Å². The lowest BCUT2D eigenvalue weighted by molar-refractivity contribution is 0.0211. The molecule has 0 aliphatic carbocycles. The van der Waals surface area contributed by atoms with Crippen molar-refractivity contribution in [3.8, 4) is 0 Å². The molecule has 1 aliphatic heterocycles. The molecule has 0 unspecified atom stereocenters. The molecule has 2 heterocycles. The van der Waals surface area contributed by atoms with Crippen LogP contribution in [-0.4, -0.2) is 29.0 Å². The molecule has 2 rings (SSSR count). The van der Waals surface area contributed by atoms with Crippen LogP contribution in [0.5, 0.6) is 0 Å². The Kier molecular flexibility index (Phi) is 2.06. The van der Waals surface area contributed by atoms with E-state index < -0.39 is 0 Å². The van der Waals surface area contributed by atoms with Crippen LogP contribution in [0.3, 0.4) is 0 Å². The molecule has 1 aromatic rings. The molecule has 0 radical (unpaired) electrons. The molecule has 1 aliphatic rings. The van der Waals surface area contributed by atoms with Crippen molar-refractivity contribution in [2.75, 3.05) is 18.5 Å². The zero-order valence-electron chi connectivity index (χ0n) is 6.75. The average molecular weight is 232 g/mol. The summed E-state index contributed by atoms with van der Waals surface area (Å²) in [6, 6.07) is 0.450. The van der Waals surface area contributed by atoms with E-state index in [0.717, 1.165) is 23.5 Å². The second-order valence-corrected chi connectivity index (χ2v) is 3.60. The van der Waals surface area contributed by atoms with Gasteiger partial charge in [0.1, 0.15) is 4.60 Å². The maximum atomic E-state index is 5.05. The lowest BCUT2D eigenvalue weighted by atomic mass is 10.2. The summed E-state index contributed by atoms with van der Waals surface area (Å²) >= 11 is 3.43. The first-order valence-electron chi connectivity index (χ1n) is 3.79. The highest BCUT2D eigenvalue weighted by Crippen LogP contribution is 2.22. The van der Waals surface area contributed by atoms with Crippen LogP contribution in [0.1, 0.15) is 0 Å². The average Bonchev–Trinajstić information content (AvgIpc) is 2.27. The van der Waals surface area contributed by atoms with Crippen LogP contribution in [0.2, 0.25) is 0 Å². The van der Waals surface area contributed by atoms with Crippen LogP contribution >= 0.6 is 15.9 Å². The van der Waals surface area contributed by atoms with E-state index in [9.17, 15) is 0 Å². The van der Waals surface area contributed by atoms with Gasteiger partial charge in [-0.3, -0.25) is 4.68 Å². The van der Waals surface area contributed by atoms with Crippen LogP contribution in [0.25, 0.3) is 0 Å². The van der Waals surface area contributed by atoms with Crippen molar-refractivity contribution in [3.63, 3.8) is 0 Å². The summed E-state index contributed by atoms with van der Waals surface area (Å²) in [6.45, 7) is 1.59. The van der Waals surface area contributed by atoms with Crippen LogP contribution in [-0.2, 0) is 11.8 Å². The molecule has 12 heavy (non-hydrogen) atoms. The SMILES string of the molecule is Cn1ncc(NC2COC2)c1Br. The molecule has 0 saturated carbocycles. The second kappa shape index (κ2) is 3.06. The van der Waals surface area contributed by atoms with Gasteiger partial charge < -0.3 is 10.1 Å². The van der Waals surface area contributed by atoms with Gasteiger partial charge in [0.05, 0.1) is 31.1 Å².